The molecule has 8 nitrogen and oxygen atoms in total. The Labute approximate surface area is 211 Å². The van der Waals surface area contributed by atoms with Gasteiger partial charge in [-0.3, -0.25) is 9.88 Å². The minimum atomic E-state index is -2.67. The van der Waals surface area contributed by atoms with E-state index < -0.39 is 25.2 Å². The number of likely N-dealkylation sites (tertiary alicyclic amines) is 1. The number of piperidine rings is 1. The van der Waals surface area contributed by atoms with E-state index in [9.17, 15) is 8.78 Å². The summed E-state index contributed by atoms with van der Waals surface area (Å²) in [5, 5.41) is 8.53. The van der Waals surface area contributed by atoms with E-state index in [0.29, 0.717) is 31.7 Å². The molecule has 1 N–H and O–H groups in total. The Bertz CT molecular complexity index is 1430. The standard InChI is InChI=1S/C26H27F3N6O2/c1-26(14-36-15-26)34-9-7-21(19(27)12-34)31-25-32-24(37-13-22(28)29)23-18(6-10-35(23)33-25)16-4-5-20-17(11-16)3-2-8-30-20/h2-6,8,10-11,19,21-22H,7,9,12-15H2,1H3,(H,31,33)/t19-,21+/m1/s1. The molecule has 2 fully saturated rings. The summed E-state index contributed by atoms with van der Waals surface area (Å²) >= 11 is 0. The van der Waals surface area contributed by atoms with Crippen molar-refractivity contribution in [3.63, 3.8) is 0 Å². The molecule has 37 heavy (non-hydrogen) atoms. The van der Waals surface area contributed by atoms with Gasteiger partial charge in [0.25, 0.3) is 6.43 Å². The first kappa shape index (κ1) is 23.9. The topological polar surface area (TPSA) is 76.8 Å². The third kappa shape index (κ3) is 4.57. The van der Waals surface area contributed by atoms with Crippen molar-refractivity contribution < 1.29 is 22.6 Å². The zero-order valence-corrected chi connectivity index (χ0v) is 20.3. The van der Waals surface area contributed by atoms with Gasteiger partial charge in [0.15, 0.2) is 6.61 Å². The monoisotopic (exact) mass is 512 g/mol. The Hall–Kier alpha value is -3.44. The lowest BCUT2D eigenvalue weighted by Gasteiger charge is -2.50. The molecule has 0 spiro atoms. The van der Waals surface area contributed by atoms with Gasteiger partial charge in [0.2, 0.25) is 11.8 Å². The van der Waals surface area contributed by atoms with Gasteiger partial charge in [0.05, 0.1) is 30.3 Å². The van der Waals surface area contributed by atoms with E-state index >= 15 is 4.39 Å². The van der Waals surface area contributed by atoms with E-state index in [1.54, 1.807) is 12.4 Å². The molecule has 1 aromatic carbocycles. The molecule has 0 aliphatic carbocycles. The van der Waals surface area contributed by atoms with Crippen LogP contribution in [0.1, 0.15) is 13.3 Å². The first-order valence-corrected chi connectivity index (χ1v) is 12.3. The summed E-state index contributed by atoms with van der Waals surface area (Å²) in [4.78, 5) is 10.9. The summed E-state index contributed by atoms with van der Waals surface area (Å²) in [6.07, 6.45) is 0.165. The Morgan fingerprint density at radius 2 is 2.11 bits per heavy atom. The number of halogens is 3. The van der Waals surface area contributed by atoms with Crippen molar-refractivity contribution in [2.75, 3.05) is 38.2 Å². The van der Waals surface area contributed by atoms with E-state index in [4.69, 9.17) is 9.47 Å². The summed E-state index contributed by atoms with van der Waals surface area (Å²) in [5.74, 6) is 0.136. The number of hydrogen-bond acceptors (Lipinski definition) is 7. The molecule has 0 radical (unpaired) electrons. The largest absolute Gasteiger partial charge is 0.470 e. The van der Waals surface area contributed by atoms with Gasteiger partial charge in [-0.25, -0.2) is 17.7 Å². The number of rotatable bonds is 7. The van der Waals surface area contributed by atoms with Gasteiger partial charge in [0.1, 0.15) is 11.7 Å². The van der Waals surface area contributed by atoms with Crippen molar-refractivity contribution in [3.8, 4) is 17.0 Å². The average molecular weight is 513 g/mol. The van der Waals surface area contributed by atoms with Crippen LogP contribution in [0, 0.1) is 0 Å². The second kappa shape index (κ2) is 9.46. The van der Waals surface area contributed by atoms with Crippen LogP contribution in [-0.4, -0.2) is 81.6 Å². The van der Waals surface area contributed by atoms with E-state index in [2.05, 4.69) is 32.2 Å². The highest BCUT2D eigenvalue weighted by atomic mass is 19.3. The van der Waals surface area contributed by atoms with Crippen LogP contribution in [0.25, 0.3) is 27.5 Å². The maximum atomic E-state index is 15.2. The lowest BCUT2D eigenvalue weighted by Crippen LogP contribution is -2.64. The van der Waals surface area contributed by atoms with Gasteiger partial charge >= 0.3 is 0 Å². The van der Waals surface area contributed by atoms with Gasteiger partial charge < -0.3 is 14.8 Å². The zero-order valence-electron chi connectivity index (χ0n) is 20.3. The van der Waals surface area contributed by atoms with Gasteiger partial charge in [-0.1, -0.05) is 12.1 Å². The van der Waals surface area contributed by atoms with Crippen molar-refractivity contribution in [2.24, 2.45) is 0 Å². The van der Waals surface area contributed by atoms with Crippen LogP contribution in [0.5, 0.6) is 5.88 Å². The molecule has 0 bridgehead atoms. The predicted molar refractivity (Wildman–Crippen MR) is 133 cm³/mol. The predicted octanol–water partition coefficient (Wildman–Crippen LogP) is 4.20. The van der Waals surface area contributed by atoms with Crippen LogP contribution >= 0.6 is 0 Å². The van der Waals surface area contributed by atoms with Gasteiger partial charge in [-0.2, -0.15) is 4.98 Å². The second-order valence-electron chi connectivity index (χ2n) is 9.87. The molecule has 4 aromatic rings. The summed E-state index contributed by atoms with van der Waals surface area (Å²) in [5.41, 5.74) is 2.76. The molecular formula is C26H27F3N6O2. The zero-order chi connectivity index (χ0) is 25.6. The third-order valence-corrected chi connectivity index (χ3v) is 7.18. The molecule has 2 atom stereocenters. The Kier molecular flexibility index (Phi) is 6.12. The highest BCUT2D eigenvalue weighted by molar-refractivity contribution is 5.90. The smallest absolute Gasteiger partial charge is 0.272 e. The first-order chi connectivity index (χ1) is 17.9. The number of hydrogen-bond donors (Lipinski definition) is 1. The minimum Gasteiger partial charge on any atom is -0.470 e. The molecule has 194 valence electrons. The van der Waals surface area contributed by atoms with Crippen LogP contribution < -0.4 is 10.1 Å². The Morgan fingerprint density at radius 3 is 2.86 bits per heavy atom. The van der Waals surface area contributed by atoms with Crippen LogP contribution in [0.4, 0.5) is 19.1 Å². The number of nitrogens with one attached hydrogen (secondary N) is 1. The molecule has 0 amide bonds. The molecule has 2 aliphatic rings. The molecule has 3 aromatic heterocycles. The van der Waals surface area contributed by atoms with E-state index in [0.717, 1.165) is 22.0 Å². The quantitative estimate of drug-likeness (QED) is 0.398. The van der Waals surface area contributed by atoms with E-state index in [-0.39, 0.29) is 23.9 Å². The van der Waals surface area contributed by atoms with E-state index in [1.807, 2.05) is 36.4 Å². The van der Waals surface area contributed by atoms with Gasteiger partial charge in [-0.15, -0.1) is 5.10 Å². The SMILES string of the molecule is CC1(N2CC[C@H](Nc3nc(OCC(F)F)c4c(-c5ccc6ncccc6c5)ccn4n3)[C@H](F)C2)COC1. The molecule has 11 heteroatoms. The first-order valence-electron chi connectivity index (χ1n) is 12.3. The van der Waals surface area contributed by atoms with Crippen LogP contribution in [0.3, 0.4) is 0 Å². The fraction of sp³-hybridized carbons (Fsp3) is 0.423. The summed E-state index contributed by atoms with van der Waals surface area (Å²) < 4.78 is 53.6. The molecule has 5 heterocycles. The minimum absolute atomic E-state index is 0.0102. The van der Waals surface area contributed by atoms with Crippen molar-refractivity contribution in [1.82, 2.24) is 24.5 Å². The number of aromatic nitrogens is 4. The van der Waals surface area contributed by atoms with Crippen LogP contribution in [0.2, 0.25) is 0 Å². The second-order valence-corrected chi connectivity index (χ2v) is 9.87. The molecule has 6 rings (SSSR count). The third-order valence-electron chi connectivity index (χ3n) is 7.18. The maximum Gasteiger partial charge on any atom is 0.272 e. The summed E-state index contributed by atoms with van der Waals surface area (Å²) in [6.45, 7) is 3.45. The van der Waals surface area contributed by atoms with Crippen molar-refractivity contribution in [2.45, 2.75) is 37.5 Å². The Morgan fingerprint density at radius 1 is 1.24 bits per heavy atom. The Balaban J connectivity index is 1.30. The summed E-state index contributed by atoms with van der Waals surface area (Å²) in [7, 11) is 0. The number of anilines is 1. The number of benzene rings is 1. The average Bonchev–Trinajstić information content (AvgIpc) is 3.31. The number of fused-ring (bicyclic) bond motifs is 2. The number of pyridine rings is 1. The number of nitrogens with zero attached hydrogens (tertiary/aromatic N) is 5. The van der Waals surface area contributed by atoms with E-state index in [1.165, 1.54) is 4.52 Å². The molecular weight excluding hydrogens is 485 g/mol. The number of ether oxygens (including phenoxy) is 2. The highest BCUT2D eigenvalue weighted by Crippen LogP contribution is 2.34. The van der Waals surface area contributed by atoms with Crippen LogP contribution in [-0.2, 0) is 4.74 Å². The fourth-order valence-corrected chi connectivity index (χ4v) is 5.08. The van der Waals surface area contributed by atoms with Crippen molar-refractivity contribution in [1.29, 1.82) is 0 Å². The molecule has 0 saturated carbocycles. The van der Waals surface area contributed by atoms with Gasteiger partial charge in [-0.05, 0) is 43.2 Å². The maximum absolute atomic E-state index is 15.2. The highest BCUT2D eigenvalue weighted by Gasteiger charge is 2.43. The van der Waals surface area contributed by atoms with Crippen molar-refractivity contribution in [3.05, 3.63) is 48.8 Å². The normalized spacial score (nSPS) is 21.9. The van der Waals surface area contributed by atoms with Crippen molar-refractivity contribution >= 4 is 22.4 Å². The van der Waals surface area contributed by atoms with Gasteiger partial charge in [0, 0.05) is 36.4 Å². The lowest BCUT2D eigenvalue weighted by molar-refractivity contribution is -0.142. The molecule has 0 unspecified atom stereocenters. The van der Waals surface area contributed by atoms with Crippen LogP contribution in [0.15, 0.2) is 48.8 Å². The molecule has 2 saturated heterocycles. The fourth-order valence-electron chi connectivity index (χ4n) is 5.08. The molecule has 2 aliphatic heterocycles. The number of alkyl halides is 3. The lowest BCUT2D eigenvalue weighted by atomic mass is 9.92. The summed E-state index contributed by atoms with van der Waals surface area (Å²) in [6, 6.07) is 10.9.